The number of thiophene rings is 1. The van der Waals surface area contributed by atoms with E-state index >= 15 is 0 Å². The highest BCUT2D eigenvalue weighted by atomic mass is 32.1. The molecule has 0 aliphatic rings. The Morgan fingerprint density at radius 2 is 1.97 bits per heavy atom. The minimum absolute atomic E-state index is 0.0540. The van der Waals surface area contributed by atoms with Gasteiger partial charge in [0.1, 0.15) is 23.9 Å². The number of aliphatic hydroxyl groups is 1. The molecule has 2 N–H and O–H groups in total. The third-order valence-corrected chi connectivity index (χ3v) is 5.74. The summed E-state index contributed by atoms with van der Waals surface area (Å²) in [4.78, 5) is 16.7. The van der Waals surface area contributed by atoms with Crippen molar-refractivity contribution in [2.45, 2.75) is 20.0 Å². The number of nitrogens with zero attached hydrogens (tertiary/aromatic N) is 1. The molecule has 9 heteroatoms. The number of amides is 1. The lowest BCUT2D eigenvalue weighted by atomic mass is 10.1. The summed E-state index contributed by atoms with van der Waals surface area (Å²) in [6.45, 7) is 3.89. The molecule has 0 spiro atoms. The Morgan fingerprint density at radius 1 is 1.21 bits per heavy atom. The fraction of sp³-hybridized carbons (Fsp3) is 0.250. The molecule has 0 saturated carbocycles. The Balaban J connectivity index is 0.00000149. The molecule has 0 bridgehead atoms. The number of nitrogens with one attached hydrogen (secondary N) is 1. The monoisotopic (exact) mass is 472 g/mol. The fourth-order valence-corrected chi connectivity index (χ4v) is 4.11. The lowest BCUT2D eigenvalue weighted by Gasteiger charge is -2.11. The molecule has 0 fully saturated rings. The van der Waals surface area contributed by atoms with E-state index < -0.39 is 12.0 Å². The van der Waals surface area contributed by atoms with Crippen LogP contribution in [0, 0.1) is 5.82 Å². The van der Waals surface area contributed by atoms with Gasteiger partial charge in [0.15, 0.2) is 11.5 Å². The van der Waals surface area contributed by atoms with E-state index in [0.717, 1.165) is 10.9 Å². The molecule has 0 aliphatic heterocycles. The van der Waals surface area contributed by atoms with Gasteiger partial charge in [-0.1, -0.05) is 26.0 Å². The van der Waals surface area contributed by atoms with Crippen LogP contribution < -0.4 is 14.8 Å². The molecule has 4 rings (SSSR count). The number of hydrogen-bond donors (Lipinski definition) is 2. The normalized spacial score (nSPS) is 11.5. The van der Waals surface area contributed by atoms with Gasteiger partial charge in [-0.2, -0.15) is 0 Å². The summed E-state index contributed by atoms with van der Waals surface area (Å²) in [5.74, 6) is 0.291. The molecule has 7 nitrogen and oxygen atoms in total. The SMILES string of the molecule is CC.COc1ccc(C(=O)NCC(O)c2nc(-c3csc4c(F)cccc34)co2)cc1OC. The predicted octanol–water partition coefficient (Wildman–Crippen LogP) is 5.20. The van der Waals surface area contributed by atoms with E-state index in [0.29, 0.717) is 27.5 Å². The summed E-state index contributed by atoms with van der Waals surface area (Å²) in [5, 5.41) is 15.5. The number of fused-ring (bicyclic) bond motifs is 1. The maximum absolute atomic E-state index is 13.9. The van der Waals surface area contributed by atoms with Gasteiger partial charge < -0.3 is 24.3 Å². The van der Waals surface area contributed by atoms with E-state index in [-0.39, 0.29) is 18.3 Å². The summed E-state index contributed by atoms with van der Waals surface area (Å²) in [6.07, 6.45) is 0.251. The van der Waals surface area contributed by atoms with Crippen molar-refractivity contribution in [2.24, 2.45) is 0 Å². The molecule has 174 valence electrons. The number of aliphatic hydroxyl groups excluding tert-OH is 1. The van der Waals surface area contributed by atoms with E-state index in [9.17, 15) is 14.3 Å². The second-order valence-electron chi connectivity index (χ2n) is 6.63. The Morgan fingerprint density at radius 3 is 2.70 bits per heavy atom. The Hall–Kier alpha value is -3.43. The topological polar surface area (TPSA) is 93.8 Å². The minimum Gasteiger partial charge on any atom is -0.493 e. The van der Waals surface area contributed by atoms with Crippen molar-refractivity contribution >= 4 is 27.3 Å². The van der Waals surface area contributed by atoms with Gasteiger partial charge in [-0.05, 0) is 24.3 Å². The number of rotatable bonds is 7. The Kier molecular flexibility index (Phi) is 8.02. The first-order valence-corrected chi connectivity index (χ1v) is 11.2. The minimum atomic E-state index is -1.15. The molecule has 4 aromatic rings. The standard InChI is InChI=1S/C22H19FN2O5S.C2H6/c1-28-18-7-6-12(8-19(18)29-2)21(27)24-9-17(26)22-25-16(10-30-22)14-11-31-20-13(14)4-3-5-15(20)23;1-2/h3-8,10-11,17,26H,9H2,1-2H3,(H,24,27);1-2H3. The summed E-state index contributed by atoms with van der Waals surface area (Å²) in [5.41, 5.74) is 1.55. The number of halogens is 1. The van der Waals surface area contributed by atoms with Crippen molar-refractivity contribution in [3.63, 3.8) is 0 Å². The molecule has 1 atom stereocenters. The number of carbonyl (C=O) groups is 1. The number of oxazole rings is 1. The van der Waals surface area contributed by atoms with E-state index in [4.69, 9.17) is 13.9 Å². The van der Waals surface area contributed by atoms with Crippen LogP contribution in [0.5, 0.6) is 11.5 Å². The van der Waals surface area contributed by atoms with E-state index in [1.807, 2.05) is 13.8 Å². The maximum Gasteiger partial charge on any atom is 0.251 e. The van der Waals surface area contributed by atoms with Crippen molar-refractivity contribution in [1.29, 1.82) is 0 Å². The van der Waals surface area contributed by atoms with Crippen molar-refractivity contribution in [1.82, 2.24) is 10.3 Å². The molecular weight excluding hydrogens is 447 g/mol. The van der Waals surface area contributed by atoms with Crippen molar-refractivity contribution in [2.75, 3.05) is 20.8 Å². The molecule has 33 heavy (non-hydrogen) atoms. The number of benzene rings is 2. The van der Waals surface area contributed by atoms with Gasteiger partial charge >= 0.3 is 0 Å². The number of hydrogen-bond acceptors (Lipinski definition) is 7. The average Bonchev–Trinajstić information content (AvgIpc) is 3.51. The maximum atomic E-state index is 13.9. The lowest BCUT2D eigenvalue weighted by molar-refractivity contribution is 0.0895. The average molecular weight is 473 g/mol. The van der Waals surface area contributed by atoms with Gasteiger partial charge in [0.2, 0.25) is 5.89 Å². The van der Waals surface area contributed by atoms with Crippen LogP contribution in [0.4, 0.5) is 4.39 Å². The summed E-state index contributed by atoms with van der Waals surface area (Å²) >= 11 is 1.28. The molecule has 2 aromatic heterocycles. The molecule has 1 unspecified atom stereocenters. The van der Waals surface area contributed by atoms with Crippen LogP contribution in [0.15, 0.2) is 52.5 Å². The van der Waals surface area contributed by atoms with Gasteiger partial charge in [-0.3, -0.25) is 4.79 Å². The zero-order chi connectivity index (χ0) is 24.0. The van der Waals surface area contributed by atoms with Gasteiger partial charge in [0, 0.05) is 21.9 Å². The number of aromatic nitrogens is 1. The zero-order valence-corrected chi connectivity index (χ0v) is 19.5. The van der Waals surface area contributed by atoms with Gasteiger partial charge in [0.05, 0.1) is 25.5 Å². The second-order valence-corrected chi connectivity index (χ2v) is 7.51. The quantitative estimate of drug-likeness (QED) is 0.384. The van der Waals surface area contributed by atoms with E-state index in [1.165, 1.54) is 37.9 Å². The molecule has 1 amide bonds. The zero-order valence-electron chi connectivity index (χ0n) is 18.7. The first-order valence-electron chi connectivity index (χ1n) is 10.3. The Bertz CT molecular complexity index is 1240. The third kappa shape index (κ3) is 5.15. The van der Waals surface area contributed by atoms with Crippen LogP contribution in [0.1, 0.15) is 36.2 Å². The van der Waals surface area contributed by atoms with E-state index in [1.54, 1.807) is 35.7 Å². The van der Waals surface area contributed by atoms with Crippen molar-refractivity contribution < 1.29 is 28.2 Å². The largest absolute Gasteiger partial charge is 0.493 e. The number of ether oxygens (including phenoxy) is 2. The summed E-state index contributed by atoms with van der Waals surface area (Å²) < 4.78 is 30.2. The first kappa shape index (κ1) is 24.2. The Labute approximate surface area is 194 Å². The van der Waals surface area contributed by atoms with Gasteiger partial charge in [0.25, 0.3) is 5.91 Å². The highest BCUT2D eigenvalue weighted by Gasteiger charge is 2.19. The predicted molar refractivity (Wildman–Crippen MR) is 125 cm³/mol. The highest BCUT2D eigenvalue weighted by molar-refractivity contribution is 7.17. The van der Waals surface area contributed by atoms with Crippen LogP contribution in [0.3, 0.4) is 0 Å². The molecular formula is C24H25FN2O5S. The smallest absolute Gasteiger partial charge is 0.251 e. The molecule has 0 saturated heterocycles. The molecule has 0 aliphatic carbocycles. The third-order valence-electron chi connectivity index (χ3n) is 4.74. The summed E-state index contributed by atoms with van der Waals surface area (Å²) in [7, 11) is 2.99. The number of carbonyl (C=O) groups excluding carboxylic acids is 1. The second kappa shape index (κ2) is 10.9. The van der Waals surface area contributed by atoms with Crippen LogP contribution in [0.2, 0.25) is 0 Å². The highest BCUT2D eigenvalue weighted by Crippen LogP contribution is 2.35. The molecule has 2 aromatic carbocycles. The molecule has 0 radical (unpaired) electrons. The van der Waals surface area contributed by atoms with Crippen LogP contribution in [-0.2, 0) is 0 Å². The van der Waals surface area contributed by atoms with Crippen molar-refractivity contribution in [3.8, 4) is 22.8 Å². The molecule has 2 heterocycles. The number of methoxy groups -OCH3 is 2. The van der Waals surface area contributed by atoms with Gasteiger partial charge in [-0.15, -0.1) is 11.3 Å². The summed E-state index contributed by atoms with van der Waals surface area (Å²) in [6, 6.07) is 9.60. The fourth-order valence-electron chi connectivity index (χ4n) is 3.14. The van der Waals surface area contributed by atoms with Crippen LogP contribution >= 0.6 is 11.3 Å². The van der Waals surface area contributed by atoms with Crippen molar-refractivity contribution in [3.05, 3.63) is 65.3 Å². The lowest BCUT2D eigenvalue weighted by Crippen LogP contribution is -2.28. The van der Waals surface area contributed by atoms with Crippen LogP contribution in [-0.4, -0.2) is 36.8 Å². The van der Waals surface area contributed by atoms with Crippen LogP contribution in [0.25, 0.3) is 21.3 Å². The first-order chi connectivity index (χ1) is 16.0. The van der Waals surface area contributed by atoms with Gasteiger partial charge in [-0.25, -0.2) is 9.37 Å². The van der Waals surface area contributed by atoms with E-state index in [2.05, 4.69) is 10.3 Å².